The Morgan fingerprint density at radius 1 is 1.29 bits per heavy atom. The first-order chi connectivity index (χ1) is 9.85. The van der Waals surface area contributed by atoms with Crippen molar-refractivity contribution < 1.29 is 27.4 Å². The normalized spacial score (nSPS) is 11.2. The van der Waals surface area contributed by atoms with Crippen molar-refractivity contribution in [2.45, 2.75) is 6.36 Å². The minimum absolute atomic E-state index is 0.0842. The molecule has 2 aromatic rings. The fourth-order valence-electron chi connectivity index (χ4n) is 1.44. The van der Waals surface area contributed by atoms with Gasteiger partial charge in [0.25, 0.3) is 0 Å². The topological polar surface area (TPSA) is 35.5 Å². The number of carbonyl (C=O) groups excluding carboxylic acids is 1. The van der Waals surface area contributed by atoms with Crippen LogP contribution in [-0.2, 0) is 0 Å². The van der Waals surface area contributed by atoms with Gasteiger partial charge in [-0.2, -0.15) is 0 Å². The summed E-state index contributed by atoms with van der Waals surface area (Å²) in [5.74, 6) is -0.308. The van der Waals surface area contributed by atoms with E-state index < -0.39 is 6.36 Å². The Balaban J connectivity index is 1.99. The molecule has 3 nitrogen and oxygen atoms in total. The molecule has 2 rings (SSSR count). The number of rotatable bonds is 5. The van der Waals surface area contributed by atoms with Crippen molar-refractivity contribution in [1.82, 2.24) is 0 Å². The molecule has 0 amide bonds. The zero-order valence-corrected chi connectivity index (χ0v) is 12.7. The van der Waals surface area contributed by atoms with Crippen molar-refractivity contribution in [3.63, 3.8) is 0 Å². The number of ketones is 1. The molecule has 0 atom stereocenters. The highest BCUT2D eigenvalue weighted by Gasteiger charge is 2.32. The number of hydrogen-bond acceptors (Lipinski definition) is 4. The summed E-state index contributed by atoms with van der Waals surface area (Å²) >= 11 is 4.25. The summed E-state index contributed by atoms with van der Waals surface area (Å²) in [5.41, 5.74) is 0. The van der Waals surface area contributed by atoms with Crippen LogP contribution < -0.4 is 9.47 Å². The standard InChI is InChI=1S/C13H8BrF3O3S/c14-9-6-8(3-4-11(9)20-13(15,16)17)19-7-10(18)12-2-1-5-21-12/h1-6H,7H2. The summed E-state index contributed by atoms with van der Waals surface area (Å²) < 4.78 is 45.5. The van der Waals surface area contributed by atoms with Crippen LogP contribution in [0.3, 0.4) is 0 Å². The SMILES string of the molecule is O=C(COc1ccc(OC(F)(F)F)c(Br)c1)c1cccs1. The molecule has 0 unspecified atom stereocenters. The third-order valence-electron chi connectivity index (χ3n) is 2.29. The summed E-state index contributed by atoms with van der Waals surface area (Å²) in [7, 11) is 0. The predicted molar refractivity (Wildman–Crippen MR) is 75.0 cm³/mol. The highest BCUT2D eigenvalue weighted by molar-refractivity contribution is 9.10. The Kier molecular flexibility index (Phi) is 4.89. The van der Waals surface area contributed by atoms with E-state index in [1.165, 1.54) is 23.5 Å². The molecule has 1 aromatic heterocycles. The van der Waals surface area contributed by atoms with Crippen molar-refractivity contribution in [2.75, 3.05) is 6.61 Å². The first-order valence-corrected chi connectivity index (χ1v) is 7.27. The van der Waals surface area contributed by atoms with E-state index in [2.05, 4.69) is 20.7 Å². The van der Waals surface area contributed by atoms with E-state index in [0.717, 1.165) is 6.07 Å². The summed E-state index contributed by atoms with van der Waals surface area (Å²) in [6, 6.07) is 7.14. The van der Waals surface area contributed by atoms with Crippen LogP contribution in [0.15, 0.2) is 40.2 Å². The summed E-state index contributed by atoms with van der Waals surface area (Å²) in [6.07, 6.45) is -4.76. The molecule has 0 fully saturated rings. The van der Waals surface area contributed by atoms with Gasteiger partial charge in [-0.3, -0.25) is 4.79 Å². The number of benzene rings is 1. The van der Waals surface area contributed by atoms with Crippen LogP contribution in [0.1, 0.15) is 9.67 Å². The molecule has 112 valence electrons. The predicted octanol–water partition coefficient (Wildman–Crippen LogP) is 4.67. The van der Waals surface area contributed by atoms with E-state index in [-0.39, 0.29) is 28.4 Å². The van der Waals surface area contributed by atoms with Crippen LogP contribution in [0.25, 0.3) is 0 Å². The Morgan fingerprint density at radius 2 is 2.05 bits per heavy atom. The fourth-order valence-corrected chi connectivity index (χ4v) is 2.53. The minimum Gasteiger partial charge on any atom is -0.485 e. The quantitative estimate of drug-likeness (QED) is 0.707. The Bertz CT molecular complexity index is 626. The first kappa shape index (κ1) is 15.8. The molecule has 21 heavy (non-hydrogen) atoms. The van der Waals surface area contributed by atoms with E-state index in [0.29, 0.717) is 4.88 Å². The molecule has 0 aliphatic heterocycles. The molecular formula is C13H8BrF3O3S. The van der Waals surface area contributed by atoms with Crippen molar-refractivity contribution in [3.05, 3.63) is 45.1 Å². The lowest BCUT2D eigenvalue weighted by Gasteiger charge is -2.11. The Hall–Kier alpha value is -1.54. The molecule has 1 aromatic carbocycles. The molecule has 1 heterocycles. The molecule has 0 spiro atoms. The lowest BCUT2D eigenvalue weighted by molar-refractivity contribution is -0.274. The van der Waals surface area contributed by atoms with Crippen molar-refractivity contribution in [3.8, 4) is 11.5 Å². The number of halogens is 4. The van der Waals surface area contributed by atoms with E-state index in [9.17, 15) is 18.0 Å². The Morgan fingerprint density at radius 3 is 2.62 bits per heavy atom. The molecule has 0 N–H and O–H groups in total. The third kappa shape index (κ3) is 4.75. The highest BCUT2D eigenvalue weighted by Crippen LogP contribution is 2.33. The smallest absolute Gasteiger partial charge is 0.485 e. The molecule has 0 aliphatic carbocycles. The van der Waals surface area contributed by atoms with Gasteiger partial charge in [-0.15, -0.1) is 24.5 Å². The summed E-state index contributed by atoms with van der Waals surface area (Å²) in [6.45, 7) is -0.188. The Labute approximate surface area is 130 Å². The van der Waals surface area contributed by atoms with Crippen molar-refractivity contribution >= 4 is 33.0 Å². The zero-order chi connectivity index (χ0) is 15.5. The van der Waals surface area contributed by atoms with Gasteiger partial charge in [0.15, 0.2) is 6.61 Å². The van der Waals surface area contributed by atoms with Gasteiger partial charge in [-0.05, 0) is 45.6 Å². The van der Waals surface area contributed by atoms with Gasteiger partial charge in [0.1, 0.15) is 11.5 Å². The van der Waals surface area contributed by atoms with E-state index in [1.54, 1.807) is 17.5 Å². The molecule has 0 bridgehead atoms. The number of alkyl halides is 3. The second-order valence-corrected chi connectivity index (χ2v) is 5.63. The molecule has 8 heteroatoms. The van der Waals surface area contributed by atoms with Crippen molar-refractivity contribution in [1.29, 1.82) is 0 Å². The second-order valence-electron chi connectivity index (χ2n) is 3.83. The fraction of sp³-hybridized carbons (Fsp3) is 0.154. The summed E-state index contributed by atoms with van der Waals surface area (Å²) in [5, 5.41) is 1.77. The lowest BCUT2D eigenvalue weighted by atomic mass is 10.3. The van der Waals surface area contributed by atoms with Gasteiger partial charge in [0.2, 0.25) is 5.78 Å². The number of hydrogen-bond donors (Lipinski definition) is 0. The minimum atomic E-state index is -4.76. The maximum absolute atomic E-state index is 12.1. The molecule has 0 radical (unpaired) electrons. The monoisotopic (exact) mass is 380 g/mol. The zero-order valence-electron chi connectivity index (χ0n) is 10.3. The van der Waals surface area contributed by atoms with Gasteiger partial charge in [0.05, 0.1) is 9.35 Å². The number of thiophene rings is 1. The maximum atomic E-state index is 12.1. The van der Waals surface area contributed by atoms with Gasteiger partial charge in [0, 0.05) is 0 Å². The van der Waals surface area contributed by atoms with E-state index >= 15 is 0 Å². The molecule has 0 saturated carbocycles. The average molecular weight is 381 g/mol. The lowest BCUT2D eigenvalue weighted by Crippen LogP contribution is -2.17. The van der Waals surface area contributed by atoms with Crippen LogP contribution in [0, 0.1) is 0 Å². The van der Waals surface area contributed by atoms with Crippen LogP contribution in [-0.4, -0.2) is 18.8 Å². The van der Waals surface area contributed by atoms with Gasteiger partial charge >= 0.3 is 6.36 Å². The maximum Gasteiger partial charge on any atom is 0.573 e. The van der Waals surface area contributed by atoms with Crippen LogP contribution >= 0.6 is 27.3 Å². The number of ether oxygens (including phenoxy) is 2. The second kappa shape index (κ2) is 6.48. The molecular weight excluding hydrogens is 373 g/mol. The molecule has 0 aliphatic rings. The average Bonchev–Trinajstić information content (AvgIpc) is 2.91. The van der Waals surface area contributed by atoms with E-state index in [1.807, 2.05) is 0 Å². The van der Waals surface area contributed by atoms with Gasteiger partial charge in [-0.25, -0.2) is 0 Å². The van der Waals surface area contributed by atoms with Gasteiger partial charge in [-0.1, -0.05) is 6.07 Å². The van der Waals surface area contributed by atoms with Crippen LogP contribution in [0.5, 0.6) is 11.5 Å². The summed E-state index contributed by atoms with van der Waals surface area (Å²) in [4.78, 5) is 12.3. The van der Waals surface area contributed by atoms with E-state index in [4.69, 9.17) is 4.74 Å². The first-order valence-electron chi connectivity index (χ1n) is 5.60. The number of carbonyl (C=O) groups is 1. The largest absolute Gasteiger partial charge is 0.573 e. The molecule has 0 saturated heterocycles. The van der Waals surface area contributed by atoms with Crippen molar-refractivity contribution in [2.24, 2.45) is 0 Å². The number of Topliss-reactive ketones (excluding diaryl/α,β-unsaturated/α-hetero) is 1. The highest BCUT2D eigenvalue weighted by atomic mass is 79.9. The van der Waals surface area contributed by atoms with Crippen LogP contribution in [0.4, 0.5) is 13.2 Å². The van der Waals surface area contributed by atoms with Gasteiger partial charge < -0.3 is 9.47 Å². The van der Waals surface area contributed by atoms with Crippen LogP contribution in [0.2, 0.25) is 0 Å². The third-order valence-corrected chi connectivity index (χ3v) is 3.83.